The van der Waals surface area contributed by atoms with Gasteiger partial charge in [0.15, 0.2) is 34.5 Å². The fraction of sp³-hybridized carbons (Fsp3) is 0.308. The van der Waals surface area contributed by atoms with Crippen molar-refractivity contribution in [2.24, 2.45) is 5.92 Å². The SMILES string of the molecule is COc1cc(C2c3cc4c(cc3NC(c3ccc(OC)c(OC)c3)C2C)OCO4)ccc1O. The molecule has 2 aliphatic heterocycles. The lowest BCUT2D eigenvalue weighted by Gasteiger charge is -2.40. The Morgan fingerprint density at radius 3 is 2.21 bits per heavy atom. The van der Waals surface area contributed by atoms with Crippen molar-refractivity contribution >= 4 is 5.69 Å². The lowest BCUT2D eigenvalue weighted by atomic mass is 9.73. The van der Waals surface area contributed by atoms with Crippen LogP contribution in [0.5, 0.6) is 34.5 Å². The topological polar surface area (TPSA) is 78.4 Å². The van der Waals surface area contributed by atoms with Crippen LogP contribution in [0, 0.1) is 5.92 Å². The van der Waals surface area contributed by atoms with E-state index in [9.17, 15) is 5.11 Å². The summed E-state index contributed by atoms with van der Waals surface area (Å²) in [5.74, 6) is 3.56. The number of ether oxygens (including phenoxy) is 5. The maximum atomic E-state index is 10.2. The van der Waals surface area contributed by atoms with Crippen molar-refractivity contribution in [1.29, 1.82) is 0 Å². The number of phenolic OH excluding ortho intramolecular Hbond substituents is 1. The molecular formula is C26H27NO6. The van der Waals surface area contributed by atoms with Gasteiger partial charge in [0.05, 0.1) is 27.4 Å². The number of hydrogen-bond acceptors (Lipinski definition) is 7. The lowest BCUT2D eigenvalue weighted by molar-refractivity contribution is 0.174. The summed E-state index contributed by atoms with van der Waals surface area (Å²) in [4.78, 5) is 0. The summed E-state index contributed by atoms with van der Waals surface area (Å²) in [6.45, 7) is 2.43. The highest BCUT2D eigenvalue weighted by atomic mass is 16.7. The molecule has 2 heterocycles. The maximum Gasteiger partial charge on any atom is 0.231 e. The zero-order valence-corrected chi connectivity index (χ0v) is 19.0. The summed E-state index contributed by atoms with van der Waals surface area (Å²) in [6.07, 6.45) is 0. The van der Waals surface area contributed by atoms with E-state index in [0.717, 1.165) is 33.9 Å². The van der Waals surface area contributed by atoms with Crippen LogP contribution in [0.1, 0.15) is 35.6 Å². The second-order valence-electron chi connectivity index (χ2n) is 8.30. The Kier molecular flexibility index (Phi) is 5.32. The van der Waals surface area contributed by atoms with Gasteiger partial charge in [0.25, 0.3) is 0 Å². The Bertz CT molecular complexity index is 1190. The molecule has 3 aromatic carbocycles. The van der Waals surface area contributed by atoms with Crippen LogP contribution in [0.25, 0.3) is 0 Å². The minimum Gasteiger partial charge on any atom is -0.504 e. The first-order valence-corrected chi connectivity index (χ1v) is 10.8. The van der Waals surface area contributed by atoms with Gasteiger partial charge < -0.3 is 34.1 Å². The molecule has 0 radical (unpaired) electrons. The first kappa shape index (κ1) is 21.1. The van der Waals surface area contributed by atoms with E-state index in [-0.39, 0.29) is 30.4 Å². The maximum absolute atomic E-state index is 10.2. The molecule has 172 valence electrons. The summed E-state index contributed by atoms with van der Waals surface area (Å²) in [6, 6.07) is 15.6. The van der Waals surface area contributed by atoms with Gasteiger partial charge in [-0.25, -0.2) is 0 Å². The molecular weight excluding hydrogens is 422 g/mol. The molecule has 0 saturated carbocycles. The first-order valence-electron chi connectivity index (χ1n) is 10.8. The van der Waals surface area contributed by atoms with Crippen molar-refractivity contribution < 1.29 is 28.8 Å². The highest BCUT2D eigenvalue weighted by molar-refractivity contribution is 5.67. The molecule has 3 unspecified atom stereocenters. The second-order valence-corrected chi connectivity index (χ2v) is 8.30. The quantitative estimate of drug-likeness (QED) is 0.562. The summed E-state index contributed by atoms with van der Waals surface area (Å²) in [5.41, 5.74) is 4.22. The normalized spacial score (nSPS) is 20.5. The first-order chi connectivity index (χ1) is 16.0. The van der Waals surface area contributed by atoms with Crippen molar-refractivity contribution in [2.45, 2.75) is 18.9 Å². The largest absolute Gasteiger partial charge is 0.504 e. The fourth-order valence-corrected chi connectivity index (χ4v) is 4.92. The van der Waals surface area contributed by atoms with Gasteiger partial charge in [-0.15, -0.1) is 0 Å². The fourth-order valence-electron chi connectivity index (χ4n) is 4.92. The van der Waals surface area contributed by atoms with Gasteiger partial charge in [-0.05, 0) is 52.9 Å². The molecule has 0 aromatic heterocycles. The van der Waals surface area contributed by atoms with Crippen LogP contribution in [-0.4, -0.2) is 33.2 Å². The highest BCUT2D eigenvalue weighted by Gasteiger charge is 2.37. The predicted octanol–water partition coefficient (Wildman–Crippen LogP) is 5.08. The van der Waals surface area contributed by atoms with E-state index >= 15 is 0 Å². The van der Waals surface area contributed by atoms with Crippen LogP contribution < -0.4 is 29.0 Å². The molecule has 0 fully saturated rings. The van der Waals surface area contributed by atoms with Gasteiger partial charge in [0.2, 0.25) is 6.79 Å². The van der Waals surface area contributed by atoms with Crippen molar-refractivity contribution in [3.8, 4) is 34.5 Å². The molecule has 3 aromatic rings. The smallest absolute Gasteiger partial charge is 0.231 e. The number of hydrogen-bond donors (Lipinski definition) is 2. The Morgan fingerprint density at radius 2 is 1.48 bits per heavy atom. The van der Waals surface area contributed by atoms with Gasteiger partial charge in [0, 0.05) is 17.7 Å². The van der Waals surface area contributed by atoms with E-state index in [4.69, 9.17) is 23.7 Å². The van der Waals surface area contributed by atoms with Crippen LogP contribution in [0.2, 0.25) is 0 Å². The molecule has 0 saturated heterocycles. The monoisotopic (exact) mass is 449 g/mol. The van der Waals surface area contributed by atoms with Gasteiger partial charge in [0.1, 0.15) is 0 Å². The summed E-state index contributed by atoms with van der Waals surface area (Å²) >= 11 is 0. The molecule has 0 bridgehead atoms. The molecule has 7 nitrogen and oxygen atoms in total. The molecule has 3 atom stereocenters. The summed E-state index contributed by atoms with van der Waals surface area (Å²) < 4.78 is 27.7. The molecule has 33 heavy (non-hydrogen) atoms. The summed E-state index contributed by atoms with van der Waals surface area (Å²) in [7, 11) is 4.83. The average Bonchev–Trinajstić information content (AvgIpc) is 3.30. The Morgan fingerprint density at radius 1 is 0.818 bits per heavy atom. The third-order valence-corrected chi connectivity index (χ3v) is 6.57. The van der Waals surface area contributed by atoms with E-state index in [1.165, 1.54) is 0 Å². The number of phenols is 1. The van der Waals surface area contributed by atoms with E-state index in [2.05, 4.69) is 24.4 Å². The molecule has 2 N–H and O–H groups in total. The number of benzene rings is 3. The number of aromatic hydroxyl groups is 1. The Hall–Kier alpha value is -3.74. The van der Waals surface area contributed by atoms with E-state index in [1.54, 1.807) is 27.4 Å². The Balaban J connectivity index is 1.65. The van der Waals surface area contributed by atoms with E-state index in [1.807, 2.05) is 30.3 Å². The van der Waals surface area contributed by atoms with Crippen molar-refractivity contribution in [1.82, 2.24) is 0 Å². The van der Waals surface area contributed by atoms with Crippen molar-refractivity contribution in [3.05, 3.63) is 65.2 Å². The Labute approximate surface area is 192 Å². The third kappa shape index (κ3) is 3.53. The number of rotatable bonds is 5. The van der Waals surface area contributed by atoms with Crippen LogP contribution in [0.4, 0.5) is 5.69 Å². The second kappa shape index (κ2) is 8.31. The average molecular weight is 450 g/mol. The standard InChI is InChI=1S/C26H27NO6/c1-14-25(15-5-7-19(28)21(9-15)30-3)17-11-23-24(33-13-32-23)12-18(17)27-26(14)16-6-8-20(29-2)22(10-16)31-4/h5-12,14,25-28H,13H2,1-4H3. The minimum absolute atomic E-state index is 0.0116. The predicted molar refractivity (Wildman–Crippen MR) is 124 cm³/mol. The number of anilines is 1. The molecule has 0 amide bonds. The highest BCUT2D eigenvalue weighted by Crippen LogP contribution is 2.52. The number of fused-ring (bicyclic) bond motifs is 2. The van der Waals surface area contributed by atoms with Crippen LogP contribution in [0.15, 0.2) is 48.5 Å². The van der Waals surface area contributed by atoms with Crippen molar-refractivity contribution in [3.63, 3.8) is 0 Å². The lowest BCUT2D eigenvalue weighted by Crippen LogP contribution is -2.30. The van der Waals surface area contributed by atoms with Gasteiger partial charge in [-0.1, -0.05) is 19.1 Å². The zero-order valence-electron chi connectivity index (χ0n) is 19.0. The van der Waals surface area contributed by atoms with Crippen LogP contribution in [0.3, 0.4) is 0 Å². The molecule has 0 aliphatic carbocycles. The zero-order chi connectivity index (χ0) is 23.1. The third-order valence-electron chi connectivity index (χ3n) is 6.57. The molecule has 2 aliphatic rings. The van der Waals surface area contributed by atoms with Gasteiger partial charge in [-0.3, -0.25) is 0 Å². The van der Waals surface area contributed by atoms with Crippen molar-refractivity contribution in [2.75, 3.05) is 33.4 Å². The van der Waals surface area contributed by atoms with Crippen LogP contribution in [-0.2, 0) is 0 Å². The van der Waals surface area contributed by atoms with Gasteiger partial charge in [-0.2, -0.15) is 0 Å². The van der Waals surface area contributed by atoms with E-state index in [0.29, 0.717) is 17.2 Å². The van der Waals surface area contributed by atoms with E-state index < -0.39 is 0 Å². The minimum atomic E-state index is -0.0116. The number of methoxy groups -OCH3 is 3. The summed E-state index contributed by atoms with van der Waals surface area (Å²) in [5, 5.41) is 13.9. The molecule has 5 rings (SSSR count). The molecule has 7 heteroatoms. The number of nitrogens with one attached hydrogen (secondary N) is 1. The van der Waals surface area contributed by atoms with Gasteiger partial charge >= 0.3 is 0 Å². The van der Waals surface area contributed by atoms with Crippen LogP contribution >= 0.6 is 0 Å². The molecule has 0 spiro atoms.